The molecule has 8 nitrogen and oxygen atoms in total. The zero-order valence-corrected chi connectivity index (χ0v) is 19.7. The zero-order valence-electron chi connectivity index (χ0n) is 18.7. The van der Waals surface area contributed by atoms with Gasteiger partial charge in [0.15, 0.2) is 8.32 Å². The van der Waals surface area contributed by atoms with E-state index in [1.165, 1.54) is 0 Å². The summed E-state index contributed by atoms with van der Waals surface area (Å²) >= 11 is 0. The van der Waals surface area contributed by atoms with Crippen molar-refractivity contribution < 1.29 is 28.2 Å². The Hall–Kier alpha value is -1.52. The van der Waals surface area contributed by atoms with Gasteiger partial charge in [0.2, 0.25) is 12.2 Å². The smallest absolute Gasteiger partial charge is 0.412 e. The number of hydrogen-bond acceptors (Lipinski definition) is 7. The van der Waals surface area contributed by atoms with Crippen LogP contribution in [-0.2, 0) is 25.2 Å². The van der Waals surface area contributed by atoms with Gasteiger partial charge in [0, 0.05) is 30.7 Å². The molecule has 0 saturated carbocycles. The van der Waals surface area contributed by atoms with Crippen LogP contribution in [0, 0.1) is 5.92 Å². The van der Waals surface area contributed by atoms with E-state index in [0.29, 0.717) is 44.6 Å². The molecule has 1 amide bonds. The van der Waals surface area contributed by atoms with Gasteiger partial charge in [0.1, 0.15) is 5.69 Å². The predicted octanol–water partition coefficient (Wildman–Crippen LogP) is 3.77. The summed E-state index contributed by atoms with van der Waals surface area (Å²) in [6, 6.07) is 3.55. The molecule has 0 bridgehead atoms. The Morgan fingerprint density at radius 1 is 1.23 bits per heavy atom. The lowest BCUT2D eigenvalue weighted by molar-refractivity contribution is -0.0487. The number of nitrogens with zero attached hydrogens (tertiary/aromatic N) is 1. The third kappa shape index (κ3) is 6.01. The second kappa shape index (κ2) is 9.74. The SMILES string of the molecule is CC(C)(C)[Si](C)(C)OCc1ccc(OC(=O)NCC2CCOC2)nc1C1OCCO1. The second-order valence-electron chi connectivity index (χ2n) is 9.32. The molecule has 1 unspecified atom stereocenters. The molecular weight excluding hydrogens is 404 g/mol. The highest BCUT2D eigenvalue weighted by Crippen LogP contribution is 2.37. The van der Waals surface area contributed by atoms with Gasteiger partial charge in [-0.05, 0) is 30.6 Å². The van der Waals surface area contributed by atoms with Gasteiger partial charge in [-0.15, -0.1) is 0 Å². The average Bonchev–Trinajstić information content (AvgIpc) is 3.38. The van der Waals surface area contributed by atoms with E-state index in [-0.39, 0.29) is 10.9 Å². The van der Waals surface area contributed by atoms with Crippen LogP contribution in [0.3, 0.4) is 0 Å². The molecule has 1 N–H and O–H groups in total. The molecule has 0 aliphatic carbocycles. The summed E-state index contributed by atoms with van der Waals surface area (Å²) in [5, 5.41) is 2.88. The summed E-state index contributed by atoms with van der Waals surface area (Å²) in [5.41, 5.74) is 1.48. The van der Waals surface area contributed by atoms with Gasteiger partial charge < -0.3 is 28.7 Å². The first-order valence-electron chi connectivity index (χ1n) is 10.6. The molecule has 2 fully saturated rings. The van der Waals surface area contributed by atoms with Crippen molar-refractivity contribution in [1.29, 1.82) is 0 Å². The van der Waals surface area contributed by atoms with Crippen molar-refractivity contribution >= 4 is 14.4 Å². The van der Waals surface area contributed by atoms with E-state index in [1.807, 2.05) is 6.07 Å². The van der Waals surface area contributed by atoms with E-state index in [9.17, 15) is 4.79 Å². The van der Waals surface area contributed by atoms with Crippen LogP contribution in [0.5, 0.6) is 5.88 Å². The molecule has 1 atom stereocenters. The molecule has 1 aromatic rings. The van der Waals surface area contributed by atoms with Crippen molar-refractivity contribution in [2.24, 2.45) is 5.92 Å². The van der Waals surface area contributed by atoms with Gasteiger partial charge in [-0.3, -0.25) is 0 Å². The van der Waals surface area contributed by atoms with E-state index in [4.69, 9.17) is 23.4 Å². The second-order valence-corrected chi connectivity index (χ2v) is 14.1. The summed E-state index contributed by atoms with van der Waals surface area (Å²) in [4.78, 5) is 16.7. The Morgan fingerprint density at radius 3 is 2.60 bits per heavy atom. The van der Waals surface area contributed by atoms with Crippen LogP contribution in [-0.4, -0.2) is 52.4 Å². The van der Waals surface area contributed by atoms with Gasteiger partial charge in [-0.2, -0.15) is 0 Å². The number of hydrogen-bond donors (Lipinski definition) is 1. The van der Waals surface area contributed by atoms with Gasteiger partial charge in [-0.1, -0.05) is 20.8 Å². The Labute approximate surface area is 179 Å². The van der Waals surface area contributed by atoms with Crippen molar-refractivity contribution in [3.8, 4) is 5.88 Å². The van der Waals surface area contributed by atoms with Gasteiger partial charge in [0.25, 0.3) is 0 Å². The monoisotopic (exact) mass is 438 g/mol. The highest BCUT2D eigenvalue weighted by atomic mass is 28.4. The molecule has 9 heteroatoms. The maximum atomic E-state index is 12.2. The van der Waals surface area contributed by atoms with Crippen LogP contribution in [0.1, 0.15) is 44.7 Å². The standard InChI is InChI=1S/C21H34N2O6Si/c1-21(2,3)30(4,5)28-14-16-6-7-17(23-18(16)19-26-10-11-27-19)29-20(24)22-12-15-8-9-25-13-15/h6-7,15,19H,8-14H2,1-5H3,(H,22,24). The number of amides is 1. The third-order valence-electron chi connectivity index (χ3n) is 5.98. The van der Waals surface area contributed by atoms with E-state index >= 15 is 0 Å². The first kappa shape index (κ1) is 23.1. The fraction of sp³-hybridized carbons (Fsp3) is 0.714. The van der Waals surface area contributed by atoms with Crippen molar-refractivity contribution in [1.82, 2.24) is 10.3 Å². The fourth-order valence-corrected chi connectivity index (χ4v) is 3.91. The van der Waals surface area contributed by atoms with Crippen LogP contribution in [0.4, 0.5) is 4.79 Å². The Kier molecular flexibility index (Phi) is 7.51. The zero-order chi connectivity index (χ0) is 21.8. The lowest BCUT2D eigenvalue weighted by Gasteiger charge is -2.36. The quantitative estimate of drug-likeness (QED) is 0.648. The molecule has 2 aliphatic heterocycles. The first-order valence-corrected chi connectivity index (χ1v) is 13.5. The van der Waals surface area contributed by atoms with Gasteiger partial charge in [-0.25, -0.2) is 9.78 Å². The first-order chi connectivity index (χ1) is 14.2. The number of ether oxygens (including phenoxy) is 4. The fourth-order valence-electron chi connectivity index (χ4n) is 2.96. The van der Waals surface area contributed by atoms with Crippen molar-refractivity contribution in [3.63, 3.8) is 0 Å². The maximum Gasteiger partial charge on any atom is 0.413 e. The largest absolute Gasteiger partial charge is 0.413 e. The van der Waals surface area contributed by atoms with Crippen LogP contribution >= 0.6 is 0 Å². The summed E-state index contributed by atoms with van der Waals surface area (Å²) in [6.45, 7) is 14.4. The Balaban J connectivity index is 1.67. The van der Waals surface area contributed by atoms with E-state index < -0.39 is 20.7 Å². The van der Waals surface area contributed by atoms with Crippen LogP contribution in [0.15, 0.2) is 12.1 Å². The van der Waals surface area contributed by atoms with Crippen molar-refractivity contribution in [2.75, 3.05) is 33.0 Å². The number of carbonyl (C=O) groups is 1. The maximum absolute atomic E-state index is 12.2. The molecule has 3 heterocycles. The molecule has 3 rings (SSSR count). The van der Waals surface area contributed by atoms with E-state index in [2.05, 4.69) is 44.2 Å². The molecule has 0 aromatic carbocycles. The summed E-state index contributed by atoms with van der Waals surface area (Å²) in [6.07, 6.45) is -0.161. The summed E-state index contributed by atoms with van der Waals surface area (Å²) in [5.74, 6) is 0.538. The van der Waals surface area contributed by atoms with E-state index in [1.54, 1.807) is 6.07 Å². The normalized spacial score (nSPS) is 20.5. The van der Waals surface area contributed by atoms with Crippen LogP contribution in [0.2, 0.25) is 18.1 Å². The summed E-state index contributed by atoms with van der Waals surface area (Å²) < 4.78 is 28.4. The minimum absolute atomic E-state index is 0.104. The predicted molar refractivity (Wildman–Crippen MR) is 114 cm³/mol. The number of nitrogens with one attached hydrogen (secondary N) is 1. The molecular formula is C21H34N2O6Si. The molecule has 2 saturated heterocycles. The van der Waals surface area contributed by atoms with E-state index in [0.717, 1.165) is 18.6 Å². The topological polar surface area (TPSA) is 88.1 Å². The molecule has 0 spiro atoms. The lowest BCUT2D eigenvalue weighted by atomic mass is 10.1. The molecule has 30 heavy (non-hydrogen) atoms. The van der Waals surface area contributed by atoms with Gasteiger partial charge in [0.05, 0.1) is 26.4 Å². The average molecular weight is 439 g/mol. The highest BCUT2D eigenvalue weighted by molar-refractivity contribution is 6.74. The number of aromatic nitrogens is 1. The van der Waals surface area contributed by atoms with Gasteiger partial charge >= 0.3 is 6.09 Å². The minimum atomic E-state index is -1.93. The molecule has 2 aliphatic rings. The van der Waals surface area contributed by atoms with Crippen molar-refractivity contribution in [2.45, 2.75) is 58.2 Å². The molecule has 0 radical (unpaired) electrons. The number of carbonyl (C=O) groups excluding carboxylic acids is 1. The number of pyridine rings is 1. The molecule has 168 valence electrons. The minimum Gasteiger partial charge on any atom is -0.412 e. The number of rotatable bonds is 7. The van der Waals surface area contributed by atoms with Crippen LogP contribution in [0.25, 0.3) is 0 Å². The Morgan fingerprint density at radius 2 is 1.97 bits per heavy atom. The Bertz CT molecular complexity index is 725. The summed E-state index contributed by atoms with van der Waals surface area (Å²) in [7, 11) is -1.93. The van der Waals surface area contributed by atoms with Crippen molar-refractivity contribution in [3.05, 3.63) is 23.4 Å². The van der Waals surface area contributed by atoms with Crippen LogP contribution < -0.4 is 10.1 Å². The third-order valence-corrected chi connectivity index (χ3v) is 10.5. The lowest BCUT2D eigenvalue weighted by Crippen LogP contribution is -2.40. The highest BCUT2D eigenvalue weighted by Gasteiger charge is 2.37. The molecule has 1 aromatic heterocycles.